The van der Waals surface area contributed by atoms with Gasteiger partial charge in [-0.25, -0.2) is 9.88 Å². The summed E-state index contributed by atoms with van der Waals surface area (Å²) in [5, 5.41) is 10.3. The number of oxazole rings is 1. The van der Waals surface area contributed by atoms with E-state index >= 15 is 0 Å². The van der Waals surface area contributed by atoms with Crippen molar-refractivity contribution in [3.8, 4) is 11.5 Å². The van der Waals surface area contributed by atoms with Crippen molar-refractivity contribution < 1.29 is 14.0 Å². The zero-order valence-corrected chi connectivity index (χ0v) is 18.3. The minimum atomic E-state index is -0.851. The monoisotopic (exact) mass is 449 g/mol. The van der Waals surface area contributed by atoms with Gasteiger partial charge >= 0.3 is 0 Å². The van der Waals surface area contributed by atoms with Gasteiger partial charge in [0, 0.05) is 10.6 Å². The molecule has 2 aliphatic heterocycles. The van der Waals surface area contributed by atoms with E-state index in [0.717, 1.165) is 17.5 Å². The fourth-order valence-electron chi connectivity index (χ4n) is 3.93. The summed E-state index contributed by atoms with van der Waals surface area (Å²) < 4.78 is 5.81. The predicted octanol–water partition coefficient (Wildman–Crippen LogP) is 4.36. The summed E-state index contributed by atoms with van der Waals surface area (Å²) in [6.45, 7) is 4.05. The lowest BCUT2D eigenvalue weighted by Gasteiger charge is -2.20. The zero-order chi connectivity index (χ0) is 22.4. The Morgan fingerprint density at radius 2 is 1.75 bits per heavy atom. The van der Waals surface area contributed by atoms with Crippen LogP contribution in [0, 0.1) is 6.92 Å². The number of halogens is 1. The maximum atomic E-state index is 13.2. The van der Waals surface area contributed by atoms with E-state index in [2.05, 4.69) is 15.3 Å². The Hall–Kier alpha value is -3.52. The number of amides is 2. The second kappa shape index (κ2) is 7.87. The van der Waals surface area contributed by atoms with Gasteiger partial charge in [0.15, 0.2) is 12.1 Å². The van der Waals surface area contributed by atoms with Crippen molar-refractivity contribution in [1.29, 1.82) is 0 Å². The molecule has 32 heavy (non-hydrogen) atoms. The van der Waals surface area contributed by atoms with Gasteiger partial charge < -0.3 is 4.42 Å². The van der Waals surface area contributed by atoms with E-state index in [1.54, 1.807) is 31.2 Å². The summed E-state index contributed by atoms with van der Waals surface area (Å²) in [6.07, 6.45) is 0.879. The van der Waals surface area contributed by atoms with Crippen LogP contribution in [0.2, 0.25) is 5.02 Å². The highest BCUT2D eigenvalue weighted by Gasteiger charge is 2.54. The van der Waals surface area contributed by atoms with E-state index in [0.29, 0.717) is 28.1 Å². The highest BCUT2D eigenvalue weighted by atomic mass is 35.5. The molecular formula is C23H20ClN5O3. The van der Waals surface area contributed by atoms with Crippen LogP contribution in [0.25, 0.3) is 11.5 Å². The second-order valence-electron chi connectivity index (χ2n) is 7.75. The van der Waals surface area contributed by atoms with Crippen LogP contribution in [0.15, 0.2) is 63.3 Å². The van der Waals surface area contributed by atoms with Gasteiger partial charge in [0.1, 0.15) is 11.5 Å². The average Bonchev–Trinajstić information content (AvgIpc) is 3.45. The first-order valence-corrected chi connectivity index (χ1v) is 10.7. The molecule has 0 unspecified atom stereocenters. The number of anilines is 1. The van der Waals surface area contributed by atoms with Gasteiger partial charge in [-0.1, -0.05) is 35.9 Å². The molecule has 1 aromatic heterocycles. The van der Waals surface area contributed by atoms with E-state index in [1.165, 1.54) is 9.91 Å². The van der Waals surface area contributed by atoms with Crippen molar-refractivity contribution in [1.82, 2.24) is 9.99 Å². The summed E-state index contributed by atoms with van der Waals surface area (Å²) >= 11 is 5.95. The standard InChI is InChI=1S/C23H20ClN5O3/c1-3-14-4-10-17(11-5-14)29-22(30)19-20(23(29)31)28(27-26-19)12-18-13(2)32-21(25-18)15-6-8-16(24)9-7-15/h4-11,19-20H,3,12H2,1-2H3/t19-,20-/m0/s1. The number of fused-ring (bicyclic) bond motifs is 1. The molecule has 0 saturated carbocycles. The molecule has 3 aromatic rings. The first kappa shape index (κ1) is 20.4. The largest absolute Gasteiger partial charge is 0.441 e. The highest BCUT2D eigenvalue weighted by molar-refractivity contribution is 6.30. The fraction of sp³-hybridized carbons (Fsp3) is 0.261. The Morgan fingerprint density at radius 3 is 2.44 bits per heavy atom. The molecule has 5 rings (SSSR count). The number of carbonyl (C=O) groups excluding carboxylic acids is 2. The lowest BCUT2D eigenvalue weighted by Crippen LogP contribution is -2.39. The van der Waals surface area contributed by atoms with Crippen LogP contribution >= 0.6 is 11.6 Å². The molecule has 3 heterocycles. The van der Waals surface area contributed by atoms with Crippen molar-refractivity contribution in [3.05, 3.63) is 70.6 Å². The number of carbonyl (C=O) groups is 2. The van der Waals surface area contributed by atoms with Gasteiger partial charge in [0.05, 0.1) is 12.2 Å². The maximum absolute atomic E-state index is 13.2. The Bertz CT molecular complexity index is 1220. The quantitative estimate of drug-likeness (QED) is 0.540. The summed E-state index contributed by atoms with van der Waals surface area (Å²) in [6, 6.07) is 12.9. The van der Waals surface area contributed by atoms with E-state index < -0.39 is 12.1 Å². The zero-order valence-electron chi connectivity index (χ0n) is 17.5. The Kier molecular flexibility index (Phi) is 5.01. The molecule has 0 spiro atoms. The fourth-order valence-corrected chi connectivity index (χ4v) is 4.06. The Morgan fingerprint density at radius 1 is 1.03 bits per heavy atom. The minimum absolute atomic E-state index is 0.204. The van der Waals surface area contributed by atoms with Crippen LogP contribution in [0.4, 0.5) is 5.69 Å². The molecular weight excluding hydrogens is 430 g/mol. The van der Waals surface area contributed by atoms with Gasteiger partial charge in [-0.15, -0.1) is 0 Å². The van der Waals surface area contributed by atoms with Crippen molar-refractivity contribution in [2.45, 2.75) is 38.9 Å². The van der Waals surface area contributed by atoms with Crippen molar-refractivity contribution in [2.75, 3.05) is 4.90 Å². The molecule has 1 fully saturated rings. The smallest absolute Gasteiger partial charge is 0.263 e. The maximum Gasteiger partial charge on any atom is 0.263 e. The summed E-state index contributed by atoms with van der Waals surface area (Å²) in [7, 11) is 0. The molecule has 8 nitrogen and oxygen atoms in total. The van der Waals surface area contributed by atoms with E-state index in [1.807, 2.05) is 31.2 Å². The molecule has 0 aliphatic carbocycles. The molecule has 2 atom stereocenters. The number of nitrogens with zero attached hydrogens (tertiary/aromatic N) is 5. The van der Waals surface area contributed by atoms with Crippen LogP contribution in [0.5, 0.6) is 0 Å². The molecule has 1 saturated heterocycles. The third-order valence-electron chi connectivity index (χ3n) is 5.76. The molecule has 0 N–H and O–H groups in total. The van der Waals surface area contributed by atoms with E-state index in [-0.39, 0.29) is 18.4 Å². The topological polar surface area (TPSA) is 91.4 Å². The third kappa shape index (κ3) is 3.36. The van der Waals surface area contributed by atoms with Gasteiger partial charge in [0.25, 0.3) is 11.8 Å². The van der Waals surface area contributed by atoms with Gasteiger partial charge in [0.2, 0.25) is 5.89 Å². The molecule has 9 heteroatoms. The van der Waals surface area contributed by atoms with Crippen molar-refractivity contribution in [3.63, 3.8) is 0 Å². The van der Waals surface area contributed by atoms with Crippen molar-refractivity contribution in [2.24, 2.45) is 10.3 Å². The normalized spacial score (nSPS) is 19.8. The first-order valence-electron chi connectivity index (χ1n) is 10.3. The molecule has 0 radical (unpaired) electrons. The van der Waals surface area contributed by atoms with Crippen LogP contribution in [0.1, 0.15) is 23.9 Å². The highest BCUT2D eigenvalue weighted by Crippen LogP contribution is 2.33. The number of aromatic nitrogens is 1. The number of hydrogen-bond acceptors (Lipinski definition) is 7. The average molecular weight is 450 g/mol. The first-order chi connectivity index (χ1) is 15.5. The van der Waals surface area contributed by atoms with Gasteiger partial charge in [-0.2, -0.15) is 5.11 Å². The van der Waals surface area contributed by atoms with Crippen LogP contribution in [-0.2, 0) is 22.6 Å². The molecule has 2 aliphatic rings. The van der Waals surface area contributed by atoms with Gasteiger partial charge in [-0.05, 0) is 55.3 Å². The minimum Gasteiger partial charge on any atom is -0.441 e. The summed E-state index contributed by atoms with van der Waals surface area (Å²) in [4.78, 5) is 31.9. The summed E-state index contributed by atoms with van der Waals surface area (Å²) in [5.41, 5.74) is 3.09. The van der Waals surface area contributed by atoms with Crippen LogP contribution in [0.3, 0.4) is 0 Å². The number of aryl methyl sites for hydroxylation is 2. The van der Waals surface area contributed by atoms with Gasteiger partial charge in [-0.3, -0.25) is 14.6 Å². The number of imide groups is 1. The Balaban J connectivity index is 1.38. The van der Waals surface area contributed by atoms with Crippen molar-refractivity contribution >= 4 is 29.1 Å². The number of rotatable bonds is 5. The molecule has 162 valence electrons. The van der Waals surface area contributed by atoms with Crippen LogP contribution < -0.4 is 4.90 Å². The predicted molar refractivity (Wildman–Crippen MR) is 118 cm³/mol. The second-order valence-corrected chi connectivity index (χ2v) is 8.19. The lowest BCUT2D eigenvalue weighted by molar-refractivity contribution is -0.123. The molecule has 2 amide bonds. The molecule has 0 bridgehead atoms. The lowest BCUT2D eigenvalue weighted by atomic mass is 10.1. The van der Waals surface area contributed by atoms with E-state index in [4.69, 9.17) is 16.0 Å². The summed E-state index contributed by atoms with van der Waals surface area (Å²) in [5.74, 6) is 0.355. The SMILES string of the molecule is CCc1ccc(N2C(=O)[C@H]3N=NN(Cc4nc(-c5ccc(Cl)cc5)oc4C)[C@@H]3C2=O)cc1. The van der Waals surface area contributed by atoms with E-state index in [9.17, 15) is 9.59 Å². The van der Waals surface area contributed by atoms with Crippen LogP contribution in [-0.4, -0.2) is 33.9 Å². The molecule has 2 aromatic carbocycles. The number of hydrogen-bond donors (Lipinski definition) is 0. The Labute approximate surface area is 189 Å². The third-order valence-corrected chi connectivity index (χ3v) is 6.01. The number of benzene rings is 2.